The molecule has 4 heteroatoms. The van der Waals surface area contributed by atoms with Gasteiger partial charge in [-0.1, -0.05) is 6.07 Å². The molecule has 1 aromatic carbocycles. The third kappa shape index (κ3) is 2.65. The van der Waals surface area contributed by atoms with Crippen LogP contribution in [0.4, 0.5) is 0 Å². The first-order valence-electron chi connectivity index (χ1n) is 5.19. The Morgan fingerprint density at radius 1 is 1.12 bits per heavy atom. The van der Waals surface area contributed by atoms with E-state index in [2.05, 4.69) is 10.2 Å². The minimum absolute atomic E-state index is 0.166. The van der Waals surface area contributed by atoms with Gasteiger partial charge in [0.25, 0.3) is 0 Å². The SMILES string of the molecule is CNC(c1ccc(OC)c(OC)c1)N(C)C. The molecule has 4 nitrogen and oxygen atoms in total. The summed E-state index contributed by atoms with van der Waals surface area (Å²) in [5, 5.41) is 3.24. The second kappa shape index (κ2) is 5.72. The van der Waals surface area contributed by atoms with Crippen LogP contribution in [0.1, 0.15) is 11.7 Å². The summed E-state index contributed by atoms with van der Waals surface area (Å²) in [4.78, 5) is 2.10. The van der Waals surface area contributed by atoms with Crippen molar-refractivity contribution in [3.63, 3.8) is 0 Å². The van der Waals surface area contributed by atoms with Crippen molar-refractivity contribution in [1.82, 2.24) is 10.2 Å². The number of hydrogen-bond donors (Lipinski definition) is 1. The van der Waals surface area contributed by atoms with Gasteiger partial charge in [-0.05, 0) is 38.8 Å². The van der Waals surface area contributed by atoms with Crippen LogP contribution in [0.5, 0.6) is 11.5 Å². The third-order valence-electron chi connectivity index (χ3n) is 2.51. The van der Waals surface area contributed by atoms with E-state index in [9.17, 15) is 0 Å². The minimum atomic E-state index is 0.166. The lowest BCUT2D eigenvalue weighted by molar-refractivity contribution is 0.263. The van der Waals surface area contributed by atoms with E-state index in [1.54, 1.807) is 14.2 Å². The Labute approximate surface area is 97.2 Å². The Balaban J connectivity index is 3.06. The van der Waals surface area contributed by atoms with Gasteiger partial charge in [0.2, 0.25) is 0 Å². The molecule has 1 rings (SSSR count). The zero-order chi connectivity index (χ0) is 12.1. The second-order valence-corrected chi connectivity index (χ2v) is 3.77. The van der Waals surface area contributed by atoms with E-state index in [0.717, 1.165) is 17.1 Å². The van der Waals surface area contributed by atoms with Crippen molar-refractivity contribution in [3.8, 4) is 11.5 Å². The summed E-state index contributed by atoms with van der Waals surface area (Å²) in [6.45, 7) is 0. The molecule has 0 saturated heterocycles. The van der Waals surface area contributed by atoms with Crippen LogP contribution in [0.25, 0.3) is 0 Å². The molecule has 1 N–H and O–H groups in total. The molecular formula is C12H20N2O2. The molecule has 90 valence electrons. The van der Waals surface area contributed by atoms with Gasteiger partial charge in [0.15, 0.2) is 11.5 Å². The molecule has 0 aliphatic heterocycles. The van der Waals surface area contributed by atoms with Crippen LogP contribution in [0.15, 0.2) is 18.2 Å². The normalized spacial score (nSPS) is 12.6. The zero-order valence-electron chi connectivity index (χ0n) is 10.6. The number of ether oxygens (including phenoxy) is 2. The monoisotopic (exact) mass is 224 g/mol. The number of rotatable bonds is 5. The molecule has 0 bridgehead atoms. The summed E-state index contributed by atoms with van der Waals surface area (Å²) in [6.07, 6.45) is 0.166. The van der Waals surface area contributed by atoms with Crippen LogP contribution in [0.3, 0.4) is 0 Å². The van der Waals surface area contributed by atoms with E-state index in [-0.39, 0.29) is 6.17 Å². The van der Waals surface area contributed by atoms with Crippen molar-refractivity contribution in [1.29, 1.82) is 0 Å². The maximum Gasteiger partial charge on any atom is 0.161 e. The van der Waals surface area contributed by atoms with Crippen LogP contribution in [-0.2, 0) is 0 Å². The minimum Gasteiger partial charge on any atom is -0.493 e. The Bertz CT molecular complexity index is 340. The third-order valence-corrected chi connectivity index (χ3v) is 2.51. The maximum absolute atomic E-state index is 5.28. The lowest BCUT2D eigenvalue weighted by atomic mass is 10.1. The predicted octanol–water partition coefficient (Wildman–Crippen LogP) is 1.48. The lowest BCUT2D eigenvalue weighted by Crippen LogP contribution is -2.30. The molecule has 0 radical (unpaired) electrons. The van der Waals surface area contributed by atoms with E-state index >= 15 is 0 Å². The molecule has 0 amide bonds. The molecule has 16 heavy (non-hydrogen) atoms. The number of nitrogens with zero attached hydrogens (tertiary/aromatic N) is 1. The molecule has 0 aliphatic rings. The Morgan fingerprint density at radius 3 is 2.19 bits per heavy atom. The number of benzene rings is 1. The van der Waals surface area contributed by atoms with Crippen LogP contribution in [0, 0.1) is 0 Å². The van der Waals surface area contributed by atoms with Crippen molar-refractivity contribution in [2.75, 3.05) is 35.4 Å². The highest BCUT2D eigenvalue weighted by Crippen LogP contribution is 2.30. The zero-order valence-corrected chi connectivity index (χ0v) is 10.6. The standard InChI is InChI=1S/C12H20N2O2/c1-13-12(14(2)3)9-6-7-10(15-4)11(8-9)16-5/h6-8,12-13H,1-5H3. The van der Waals surface area contributed by atoms with Gasteiger partial charge >= 0.3 is 0 Å². The fourth-order valence-corrected chi connectivity index (χ4v) is 1.75. The quantitative estimate of drug-likeness (QED) is 0.768. The summed E-state index contributed by atoms with van der Waals surface area (Å²) in [6, 6.07) is 5.94. The highest BCUT2D eigenvalue weighted by Gasteiger charge is 2.14. The molecule has 1 aromatic rings. The highest BCUT2D eigenvalue weighted by molar-refractivity contribution is 5.43. The van der Waals surface area contributed by atoms with Crippen molar-refractivity contribution >= 4 is 0 Å². The summed E-state index contributed by atoms with van der Waals surface area (Å²) in [5.41, 5.74) is 1.14. The summed E-state index contributed by atoms with van der Waals surface area (Å²) in [7, 11) is 9.27. The number of methoxy groups -OCH3 is 2. The molecule has 0 saturated carbocycles. The fraction of sp³-hybridized carbons (Fsp3) is 0.500. The Morgan fingerprint density at radius 2 is 1.75 bits per heavy atom. The summed E-state index contributed by atoms with van der Waals surface area (Å²) < 4.78 is 10.5. The molecular weight excluding hydrogens is 204 g/mol. The van der Waals surface area contributed by atoms with Gasteiger partial charge in [0, 0.05) is 0 Å². The van der Waals surface area contributed by atoms with Crippen LogP contribution in [-0.4, -0.2) is 40.3 Å². The summed E-state index contributed by atoms with van der Waals surface area (Å²) >= 11 is 0. The number of hydrogen-bond acceptors (Lipinski definition) is 4. The van der Waals surface area contributed by atoms with Gasteiger partial charge in [-0.3, -0.25) is 4.90 Å². The van der Waals surface area contributed by atoms with Crippen molar-refractivity contribution in [2.24, 2.45) is 0 Å². The first kappa shape index (κ1) is 12.8. The molecule has 0 aromatic heterocycles. The van der Waals surface area contributed by atoms with Crippen molar-refractivity contribution in [2.45, 2.75) is 6.17 Å². The smallest absolute Gasteiger partial charge is 0.161 e. The first-order chi connectivity index (χ1) is 7.63. The molecule has 1 unspecified atom stereocenters. The number of nitrogens with one attached hydrogen (secondary N) is 1. The van der Waals surface area contributed by atoms with E-state index in [1.807, 2.05) is 39.3 Å². The van der Waals surface area contributed by atoms with Gasteiger partial charge in [0.1, 0.15) is 0 Å². The van der Waals surface area contributed by atoms with Gasteiger partial charge < -0.3 is 14.8 Å². The van der Waals surface area contributed by atoms with Crippen molar-refractivity contribution < 1.29 is 9.47 Å². The summed E-state index contributed by atoms with van der Waals surface area (Å²) in [5.74, 6) is 1.50. The first-order valence-corrected chi connectivity index (χ1v) is 5.19. The molecule has 0 fully saturated rings. The van der Waals surface area contributed by atoms with Gasteiger partial charge in [-0.25, -0.2) is 0 Å². The molecule has 0 spiro atoms. The lowest BCUT2D eigenvalue weighted by Gasteiger charge is -2.24. The van der Waals surface area contributed by atoms with E-state index in [1.165, 1.54) is 0 Å². The molecule has 0 aliphatic carbocycles. The van der Waals surface area contributed by atoms with E-state index in [4.69, 9.17) is 9.47 Å². The fourth-order valence-electron chi connectivity index (χ4n) is 1.75. The van der Waals surface area contributed by atoms with Gasteiger partial charge in [0.05, 0.1) is 20.4 Å². The highest BCUT2D eigenvalue weighted by atomic mass is 16.5. The van der Waals surface area contributed by atoms with E-state index < -0.39 is 0 Å². The van der Waals surface area contributed by atoms with Crippen LogP contribution in [0.2, 0.25) is 0 Å². The Hall–Kier alpha value is -1.26. The Kier molecular flexibility index (Phi) is 4.58. The van der Waals surface area contributed by atoms with Gasteiger partial charge in [-0.15, -0.1) is 0 Å². The maximum atomic E-state index is 5.28. The predicted molar refractivity (Wildman–Crippen MR) is 65.0 cm³/mol. The molecule has 0 heterocycles. The van der Waals surface area contributed by atoms with Crippen molar-refractivity contribution in [3.05, 3.63) is 23.8 Å². The topological polar surface area (TPSA) is 33.7 Å². The second-order valence-electron chi connectivity index (χ2n) is 3.77. The average molecular weight is 224 g/mol. The van der Waals surface area contributed by atoms with E-state index in [0.29, 0.717) is 0 Å². The van der Waals surface area contributed by atoms with Crippen LogP contribution < -0.4 is 14.8 Å². The largest absolute Gasteiger partial charge is 0.493 e. The molecule has 1 atom stereocenters. The van der Waals surface area contributed by atoms with Gasteiger partial charge in [-0.2, -0.15) is 0 Å². The van der Waals surface area contributed by atoms with Crippen LogP contribution >= 0.6 is 0 Å². The average Bonchev–Trinajstić information content (AvgIpc) is 2.29.